The van der Waals surface area contributed by atoms with Gasteiger partial charge >= 0.3 is 0 Å². The minimum atomic E-state index is -1.61. The second-order valence-corrected chi connectivity index (χ2v) is 2.92. The first kappa shape index (κ1) is 9.36. The normalized spacial score (nSPS) is 13.1. The SMILES string of the molecule is O=C=NC([SiH3])(N=C=O)N=C=O. The van der Waals surface area contributed by atoms with E-state index >= 15 is 0 Å². The highest BCUT2D eigenvalue weighted by molar-refractivity contribution is 6.16. The zero-order valence-electron chi connectivity index (χ0n) is 5.57. The fourth-order valence-corrected chi connectivity index (χ4v) is 0.608. The lowest BCUT2D eigenvalue weighted by atomic mass is 10.8. The monoisotopic (exact) mass is 169 g/mol. The molecule has 11 heavy (non-hydrogen) atoms. The minimum Gasteiger partial charge on any atom is -0.211 e. The van der Waals surface area contributed by atoms with E-state index in [0.717, 1.165) is 18.2 Å². The number of nitrogens with zero attached hydrogens (tertiary/aromatic N) is 3. The molecule has 7 heteroatoms. The first-order valence-electron chi connectivity index (χ1n) is 2.45. The number of hydrogen-bond acceptors (Lipinski definition) is 6. The van der Waals surface area contributed by atoms with Gasteiger partial charge in [0.1, 0.15) is 0 Å². The summed E-state index contributed by atoms with van der Waals surface area (Å²) < 4.78 is 0. The zero-order valence-corrected chi connectivity index (χ0v) is 7.57. The Morgan fingerprint density at radius 3 is 1.36 bits per heavy atom. The molecule has 0 saturated carbocycles. The van der Waals surface area contributed by atoms with Crippen LogP contribution in [0.15, 0.2) is 15.0 Å². The van der Waals surface area contributed by atoms with Crippen molar-refractivity contribution in [2.24, 2.45) is 15.0 Å². The maximum Gasteiger partial charge on any atom is 0.247 e. The van der Waals surface area contributed by atoms with E-state index < -0.39 is 5.41 Å². The molecule has 0 radical (unpaired) electrons. The van der Waals surface area contributed by atoms with E-state index in [2.05, 4.69) is 15.0 Å². The summed E-state index contributed by atoms with van der Waals surface area (Å²) in [5.41, 5.74) is -1.61. The van der Waals surface area contributed by atoms with Crippen LogP contribution in [-0.2, 0) is 14.4 Å². The van der Waals surface area contributed by atoms with Crippen molar-refractivity contribution in [3.8, 4) is 0 Å². The Bertz CT molecular complexity index is 237. The predicted octanol–water partition coefficient (Wildman–Crippen LogP) is -2.03. The van der Waals surface area contributed by atoms with Gasteiger partial charge in [-0.2, -0.15) is 15.0 Å². The maximum absolute atomic E-state index is 9.72. The lowest BCUT2D eigenvalue weighted by Gasteiger charge is -2.05. The maximum atomic E-state index is 9.72. The van der Waals surface area contributed by atoms with Crippen LogP contribution in [-0.4, -0.2) is 33.9 Å². The Labute approximate surface area is 64.2 Å². The molecule has 0 N–H and O–H groups in total. The average Bonchev–Trinajstić information content (AvgIpc) is 1.88. The van der Waals surface area contributed by atoms with Gasteiger partial charge in [-0.1, -0.05) is 0 Å². The molecule has 0 rings (SSSR count). The summed E-state index contributed by atoms with van der Waals surface area (Å²) in [6.45, 7) is 0. The molecule has 6 nitrogen and oxygen atoms in total. The molecule has 0 atom stereocenters. The zero-order chi connectivity index (χ0) is 8.74. The molecule has 0 bridgehead atoms. The summed E-state index contributed by atoms with van der Waals surface area (Å²) in [5.74, 6) is 0. The van der Waals surface area contributed by atoms with Crippen LogP contribution in [0.3, 0.4) is 0 Å². The van der Waals surface area contributed by atoms with Gasteiger partial charge in [0, 0.05) is 0 Å². The van der Waals surface area contributed by atoms with Gasteiger partial charge in [0.15, 0.2) is 0 Å². The van der Waals surface area contributed by atoms with E-state index in [4.69, 9.17) is 0 Å². The fraction of sp³-hybridized carbons (Fsp3) is 0.250. The third-order valence-electron chi connectivity index (χ3n) is 0.772. The van der Waals surface area contributed by atoms with Crippen molar-refractivity contribution in [3.63, 3.8) is 0 Å². The molecule has 0 unspecified atom stereocenters. The second kappa shape index (κ2) is 4.22. The third-order valence-corrected chi connectivity index (χ3v) is 1.44. The lowest BCUT2D eigenvalue weighted by molar-refractivity contribution is 0.534. The van der Waals surface area contributed by atoms with Crippen LogP contribution in [0.5, 0.6) is 0 Å². The Balaban J connectivity index is 4.94. The molecule has 0 aliphatic rings. The van der Waals surface area contributed by atoms with Crippen molar-refractivity contribution >= 4 is 28.5 Å². The second-order valence-electron chi connectivity index (χ2n) is 1.58. The Kier molecular flexibility index (Phi) is 3.59. The predicted molar refractivity (Wildman–Crippen MR) is 37.0 cm³/mol. The molecule has 0 spiro atoms. The van der Waals surface area contributed by atoms with Crippen LogP contribution in [0.25, 0.3) is 0 Å². The Hall–Kier alpha value is -1.64. The van der Waals surface area contributed by atoms with Crippen LogP contribution in [0.1, 0.15) is 0 Å². The molecule has 0 heterocycles. The topological polar surface area (TPSA) is 88.3 Å². The van der Waals surface area contributed by atoms with Gasteiger partial charge < -0.3 is 0 Å². The van der Waals surface area contributed by atoms with Gasteiger partial charge in [-0.15, -0.1) is 0 Å². The molecular formula is C4H3N3O3Si. The van der Waals surface area contributed by atoms with E-state index in [1.807, 2.05) is 0 Å². The van der Waals surface area contributed by atoms with Crippen molar-refractivity contribution in [1.82, 2.24) is 0 Å². The Morgan fingerprint density at radius 2 is 1.18 bits per heavy atom. The number of aliphatic imine (C=N–C) groups is 3. The highest BCUT2D eigenvalue weighted by atomic mass is 28.1. The first-order chi connectivity index (χ1) is 5.18. The van der Waals surface area contributed by atoms with E-state index in [1.165, 1.54) is 0 Å². The molecule has 56 valence electrons. The van der Waals surface area contributed by atoms with Crippen molar-refractivity contribution in [1.29, 1.82) is 0 Å². The highest BCUT2D eigenvalue weighted by Crippen LogP contribution is 2.05. The van der Waals surface area contributed by atoms with Gasteiger partial charge in [0.05, 0.1) is 10.2 Å². The largest absolute Gasteiger partial charge is 0.247 e. The molecule has 0 aromatic rings. The summed E-state index contributed by atoms with van der Waals surface area (Å²) in [4.78, 5) is 38.3. The first-order valence-corrected chi connectivity index (χ1v) is 3.45. The molecule has 0 aromatic carbocycles. The lowest BCUT2D eigenvalue weighted by Crippen LogP contribution is -2.20. The third kappa shape index (κ3) is 3.15. The Morgan fingerprint density at radius 1 is 0.909 bits per heavy atom. The van der Waals surface area contributed by atoms with E-state index in [9.17, 15) is 14.4 Å². The highest BCUT2D eigenvalue weighted by Gasteiger charge is 2.19. The summed E-state index contributed by atoms with van der Waals surface area (Å²) in [6.07, 6.45) is 3.43. The number of hydrogen-bond donors (Lipinski definition) is 0. The van der Waals surface area contributed by atoms with Crippen LogP contribution in [0.2, 0.25) is 0 Å². The summed E-state index contributed by atoms with van der Waals surface area (Å²) in [5, 5.41) is 0. The van der Waals surface area contributed by atoms with E-state index in [1.54, 1.807) is 0 Å². The van der Waals surface area contributed by atoms with Crippen molar-refractivity contribution < 1.29 is 14.4 Å². The van der Waals surface area contributed by atoms with Gasteiger partial charge in [0.25, 0.3) is 0 Å². The van der Waals surface area contributed by atoms with Crippen molar-refractivity contribution in [2.75, 3.05) is 0 Å². The van der Waals surface area contributed by atoms with Gasteiger partial charge in [-0.3, -0.25) is 0 Å². The molecule has 0 fully saturated rings. The van der Waals surface area contributed by atoms with Gasteiger partial charge in [-0.05, 0) is 0 Å². The van der Waals surface area contributed by atoms with Crippen molar-refractivity contribution in [3.05, 3.63) is 0 Å². The molecular weight excluding hydrogens is 166 g/mol. The molecule has 0 saturated heterocycles. The summed E-state index contributed by atoms with van der Waals surface area (Å²) in [6, 6.07) is 0. The summed E-state index contributed by atoms with van der Waals surface area (Å²) in [7, 11) is 0.110. The van der Waals surface area contributed by atoms with Crippen LogP contribution in [0, 0.1) is 0 Å². The smallest absolute Gasteiger partial charge is 0.211 e. The van der Waals surface area contributed by atoms with Gasteiger partial charge in [-0.25, -0.2) is 14.4 Å². The standard InChI is InChI=1S/C4H3N3O3Si/c8-1-5-4(11,6-2-9)7-3-10/h11H3. The van der Waals surface area contributed by atoms with Gasteiger partial charge in [0.2, 0.25) is 23.6 Å². The quantitative estimate of drug-likeness (QED) is 0.277. The fourth-order valence-electron chi connectivity index (χ4n) is 0.334. The molecule has 0 aliphatic heterocycles. The van der Waals surface area contributed by atoms with Crippen molar-refractivity contribution in [2.45, 2.75) is 5.41 Å². The number of isocyanates is 3. The van der Waals surface area contributed by atoms with E-state index in [-0.39, 0.29) is 10.2 Å². The van der Waals surface area contributed by atoms with Crippen LogP contribution >= 0.6 is 0 Å². The van der Waals surface area contributed by atoms with Crippen LogP contribution in [0.4, 0.5) is 0 Å². The average molecular weight is 169 g/mol. The van der Waals surface area contributed by atoms with E-state index in [0.29, 0.717) is 0 Å². The molecule has 0 aliphatic carbocycles. The van der Waals surface area contributed by atoms with Crippen LogP contribution < -0.4 is 0 Å². The number of rotatable bonds is 3. The molecule has 0 aromatic heterocycles. The number of carbonyl (C=O) groups excluding carboxylic acids is 3. The summed E-state index contributed by atoms with van der Waals surface area (Å²) >= 11 is 0. The molecule has 0 amide bonds. The minimum absolute atomic E-state index is 0.110.